The van der Waals surface area contributed by atoms with Crippen molar-refractivity contribution in [1.29, 1.82) is 0 Å². The van der Waals surface area contributed by atoms with Crippen LogP contribution in [0.5, 0.6) is 0 Å². The van der Waals surface area contributed by atoms with Gasteiger partial charge >= 0.3 is 11.8 Å². The van der Waals surface area contributed by atoms with Gasteiger partial charge in [-0.05, 0) is 49.6 Å². The fourth-order valence-electron chi connectivity index (χ4n) is 2.61. The normalized spacial score (nSPS) is 13.0. The second kappa shape index (κ2) is 8.44. The second-order valence-corrected chi connectivity index (χ2v) is 6.01. The summed E-state index contributed by atoms with van der Waals surface area (Å²) >= 11 is 0. The predicted molar refractivity (Wildman–Crippen MR) is 98.2 cm³/mol. The summed E-state index contributed by atoms with van der Waals surface area (Å²) in [6, 6.07) is 14.8. The van der Waals surface area contributed by atoms with Crippen LogP contribution in [0.25, 0.3) is 0 Å². The van der Waals surface area contributed by atoms with E-state index in [2.05, 4.69) is 10.6 Å². The van der Waals surface area contributed by atoms with Crippen molar-refractivity contribution in [2.24, 2.45) is 0 Å². The van der Waals surface area contributed by atoms with E-state index >= 15 is 0 Å². The van der Waals surface area contributed by atoms with Crippen LogP contribution in [0.2, 0.25) is 0 Å². The minimum absolute atomic E-state index is 0.0910. The molecule has 0 saturated carbocycles. The summed E-state index contributed by atoms with van der Waals surface area (Å²) in [7, 11) is 1.62. The Bertz CT molecular complexity index is 758. The van der Waals surface area contributed by atoms with Gasteiger partial charge in [0.05, 0.1) is 12.1 Å². The van der Waals surface area contributed by atoms with Gasteiger partial charge in [0.1, 0.15) is 0 Å². The number of carbonyl (C=O) groups excluding carboxylic acids is 2. The molecule has 0 saturated heterocycles. The number of methoxy groups -OCH3 is 1. The van der Waals surface area contributed by atoms with E-state index in [0.29, 0.717) is 5.69 Å². The fraction of sp³-hybridized carbons (Fsp3) is 0.300. The number of rotatable bonds is 5. The highest BCUT2D eigenvalue weighted by molar-refractivity contribution is 6.39. The van der Waals surface area contributed by atoms with E-state index in [0.717, 1.165) is 16.7 Å². The zero-order valence-corrected chi connectivity index (χ0v) is 15.0. The Kier molecular flexibility index (Phi) is 6.31. The van der Waals surface area contributed by atoms with Crippen LogP contribution >= 0.6 is 0 Å². The third-order valence-electron chi connectivity index (χ3n) is 4.18. The van der Waals surface area contributed by atoms with Crippen LogP contribution in [0.4, 0.5) is 5.69 Å². The third-order valence-corrected chi connectivity index (χ3v) is 4.18. The quantitative estimate of drug-likeness (QED) is 0.819. The molecule has 2 amide bonds. The first-order valence-electron chi connectivity index (χ1n) is 8.22. The van der Waals surface area contributed by atoms with Gasteiger partial charge in [-0.15, -0.1) is 0 Å². The van der Waals surface area contributed by atoms with E-state index in [1.807, 2.05) is 57.2 Å². The van der Waals surface area contributed by atoms with Crippen molar-refractivity contribution in [1.82, 2.24) is 5.32 Å². The molecular formula is C20H24N2O3. The number of ether oxygens (including phenoxy) is 1. The van der Waals surface area contributed by atoms with Crippen molar-refractivity contribution in [3.8, 4) is 0 Å². The van der Waals surface area contributed by atoms with Crippen molar-refractivity contribution < 1.29 is 14.3 Å². The number of hydrogen-bond donors (Lipinski definition) is 2. The summed E-state index contributed by atoms with van der Waals surface area (Å²) in [5.41, 5.74) is 3.54. The minimum atomic E-state index is -0.692. The smallest absolute Gasteiger partial charge is 0.313 e. The van der Waals surface area contributed by atoms with E-state index in [4.69, 9.17) is 4.74 Å². The van der Waals surface area contributed by atoms with E-state index < -0.39 is 11.8 Å². The largest absolute Gasteiger partial charge is 0.377 e. The molecule has 132 valence electrons. The van der Waals surface area contributed by atoms with Crippen molar-refractivity contribution in [3.63, 3.8) is 0 Å². The Labute approximate surface area is 148 Å². The molecule has 0 heterocycles. The molecule has 2 atom stereocenters. The zero-order chi connectivity index (χ0) is 18.4. The fourth-order valence-corrected chi connectivity index (χ4v) is 2.61. The number of nitrogens with one attached hydrogen (secondary N) is 2. The molecule has 5 heteroatoms. The number of carbonyl (C=O) groups is 2. The van der Waals surface area contributed by atoms with Crippen molar-refractivity contribution in [3.05, 3.63) is 65.2 Å². The monoisotopic (exact) mass is 340 g/mol. The summed E-state index contributed by atoms with van der Waals surface area (Å²) in [5.74, 6) is -1.36. The van der Waals surface area contributed by atoms with Crippen LogP contribution < -0.4 is 10.6 Å². The molecule has 0 unspecified atom stereocenters. The van der Waals surface area contributed by atoms with Gasteiger partial charge < -0.3 is 15.4 Å². The lowest BCUT2D eigenvalue weighted by atomic mass is 10.0. The Hall–Kier alpha value is -2.66. The maximum absolute atomic E-state index is 12.2. The molecule has 2 aromatic rings. The molecule has 0 fully saturated rings. The number of hydrogen-bond acceptors (Lipinski definition) is 3. The third kappa shape index (κ3) is 4.90. The number of anilines is 1. The van der Waals surface area contributed by atoms with Gasteiger partial charge in [0.2, 0.25) is 0 Å². The maximum atomic E-state index is 12.2. The average molecular weight is 340 g/mol. The summed E-state index contributed by atoms with van der Waals surface area (Å²) in [5, 5.41) is 5.36. The van der Waals surface area contributed by atoms with E-state index in [9.17, 15) is 9.59 Å². The van der Waals surface area contributed by atoms with Crippen LogP contribution in [-0.4, -0.2) is 18.9 Å². The number of amides is 2. The molecule has 0 spiro atoms. The highest BCUT2D eigenvalue weighted by Crippen LogP contribution is 2.20. The molecule has 0 aliphatic rings. The minimum Gasteiger partial charge on any atom is -0.377 e. The van der Waals surface area contributed by atoms with Crippen LogP contribution in [0.3, 0.4) is 0 Å². The van der Waals surface area contributed by atoms with Crippen LogP contribution in [0.1, 0.15) is 42.7 Å². The molecular weight excluding hydrogens is 316 g/mol. The van der Waals surface area contributed by atoms with Gasteiger partial charge in [-0.3, -0.25) is 9.59 Å². The van der Waals surface area contributed by atoms with Crippen molar-refractivity contribution in [2.75, 3.05) is 12.4 Å². The highest BCUT2D eigenvalue weighted by Gasteiger charge is 2.18. The molecule has 2 N–H and O–H groups in total. The van der Waals surface area contributed by atoms with Gasteiger partial charge in [0, 0.05) is 12.8 Å². The Morgan fingerprint density at radius 3 is 2.40 bits per heavy atom. The SMILES string of the molecule is CO[C@@H](C)c1cccc(NC(=O)C(=O)N[C@H](C)c2ccccc2C)c1. The van der Waals surface area contributed by atoms with E-state index in [-0.39, 0.29) is 12.1 Å². The van der Waals surface area contributed by atoms with Gasteiger partial charge in [-0.25, -0.2) is 0 Å². The first kappa shape index (κ1) is 18.7. The van der Waals surface area contributed by atoms with Crippen LogP contribution in [-0.2, 0) is 14.3 Å². The molecule has 2 rings (SSSR count). The molecule has 0 radical (unpaired) electrons. The predicted octanol–water partition coefficient (Wildman–Crippen LogP) is 3.52. The lowest BCUT2D eigenvalue weighted by molar-refractivity contribution is -0.136. The Morgan fingerprint density at radius 2 is 1.72 bits per heavy atom. The molecule has 0 aliphatic carbocycles. The molecule has 2 aromatic carbocycles. The molecule has 0 aromatic heterocycles. The molecule has 0 bridgehead atoms. The summed E-state index contributed by atoms with van der Waals surface area (Å²) < 4.78 is 5.26. The second-order valence-electron chi connectivity index (χ2n) is 6.01. The highest BCUT2D eigenvalue weighted by atomic mass is 16.5. The van der Waals surface area contributed by atoms with Gasteiger partial charge in [-0.1, -0.05) is 36.4 Å². The molecule has 25 heavy (non-hydrogen) atoms. The topological polar surface area (TPSA) is 67.4 Å². The van der Waals surface area contributed by atoms with E-state index in [1.165, 1.54) is 0 Å². The first-order chi connectivity index (χ1) is 11.9. The van der Waals surface area contributed by atoms with Crippen molar-refractivity contribution in [2.45, 2.75) is 32.9 Å². The molecule has 0 aliphatic heterocycles. The number of benzene rings is 2. The van der Waals surface area contributed by atoms with Crippen LogP contribution in [0, 0.1) is 6.92 Å². The summed E-state index contributed by atoms with van der Waals surface area (Å²) in [4.78, 5) is 24.3. The Balaban J connectivity index is 2.01. The van der Waals surface area contributed by atoms with Gasteiger partial charge in [0.25, 0.3) is 0 Å². The maximum Gasteiger partial charge on any atom is 0.313 e. The zero-order valence-electron chi connectivity index (χ0n) is 15.0. The lowest BCUT2D eigenvalue weighted by Gasteiger charge is -2.16. The van der Waals surface area contributed by atoms with Crippen molar-refractivity contribution >= 4 is 17.5 Å². The number of aryl methyl sites for hydroxylation is 1. The standard InChI is InChI=1S/C20H24N2O3/c1-13-8-5-6-11-18(13)14(2)21-19(23)20(24)22-17-10-7-9-16(12-17)15(3)25-4/h5-12,14-15H,1-4H3,(H,21,23)(H,22,24)/t14-,15+/m1/s1. The first-order valence-corrected chi connectivity index (χ1v) is 8.22. The molecule has 5 nitrogen and oxygen atoms in total. The average Bonchev–Trinajstić information content (AvgIpc) is 2.61. The van der Waals surface area contributed by atoms with Gasteiger partial charge in [0.15, 0.2) is 0 Å². The van der Waals surface area contributed by atoms with E-state index in [1.54, 1.807) is 19.2 Å². The summed E-state index contributed by atoms with van der Waals surface area (Å²) in [6.07, 6.45) is -0.0910. The summed E-state index contributed by atoms with van der Waals surface area (Å²) in [6.45, 7) is 5.74. The van der Waals surface area contributed by atoms with Crippen LogP contribution in [0.15, 0.2) is 48.5 Å². The van der Waals surface area contributed by atoms with Gasteiger partial charge in [-0.2, -0.15) is 0 Å². The Morgan fingerprint density at radius 1 is 1.00 bits per heavy atom. The lowest BCUT2D eigenvalue weighted by Crippen LogP contribution is -2.37.